The quantitative estimate of drug-likeness (QED) is 0.274. The average molecular weight is 500 g/mol. The number of hydrogen-bond acceptors (Lipinski definition) is 2. The van der Waals surface area contributed by atoms with Gasteiger partial charge in [0.05, 0.1) is 0 Å². The maximum Gasteiger partial charge on any atom is 0.220 e. The number of unbranched alkanes of at least 4 members (excludes halogenated alkanes) is 2. The van der Waals surface area contributed by atoms with Crippen LogP contribution < -0.4 is 5.73 Å². The molecule has 0 heterocycles. The Hall–Kier alpha value is -0.860. The fraction of sp³-hybridized carbons (Fsp3) is 0.939. The molecule has 3 nitrogen and oxygen atoms in total. The number of ketones is 1. The predicted octanol–water partition coefficient (Wildman–Crippen LogP) is 8.48. The maximum atomic E-state index is 12.7. The Morgan fingerprint density at radius 2 is 1.61 bits per heavy atom. The van der Waals surface area contributed by atoms with Gasteiger partial charge in [-0.3, -0.25) is 9.59 Å². The first-order valence-corrected chi connectivity index (χ1v) is 16.0. The lowest BCUT2D eigenvalue weighted by atomic mass is 9.44. The van der Waals surface area contributed by atoms with E-state index in [4.69, 9.17) is 5.73 Å². The normalized spacial score (nSPS) is 39.5. The number of carbonyl (C=O) groups excluding carboxylic acids is 2. The molecule has 4 aliphatic carbocycles. The molecular formula is C33H57NO2. The minimum atomic E-state index is -0.172. The van der Waals surface area contributed by atoms with E-state index in [1.807, 2.05) is 6.92 Å². The van der Waals surface area contributed by atoms with Crippen molar-refractivity contribution in [1.29, 1.82) is 0 Å². The minimum Gasteiger partial charge on any atom is -0.369 e. The standard InChI is InChI=1S/C33H57NO2/c1-5-24(31(34)36)11-7-6-8-13-26(35)16-14-23(2)28-18-19-29-27-17-15-25-12-9-10-21-32(25,3)30(27)20-22-33(28,29)4/h23-25,27-30H,5-22H2,1-4H3,(H2,34,36). The number of fused-ring (bicyclic) bond motifs is 5. The molecule has 9 unspecified atom stereocenters. The van der Waals surface area contributed by atoms with Gasteiger partial charge in [0.15, 0.2) is 0 Å². The molecule has 0 bridgehead atoms. The summed E-state index contributed by atoms with van der Waals surface area (Å²) in [7, 11) is 0. The molecule has 0 saturated heterocycles. The highest BCUT2D eigenvalue weighted by Crippen LogP contribution is 2.68. The van der Waals surface area contributed by atoms with Crippen molar-refractivity contribution < 1.29 is 9.59 Å². The molecule has 4 fully saturated rings. The second kappa shape index (κ2) is 11.9. The van der Waals surface area contributed by atoms with E-state index in [2.05, 4.69) is 20.8 Å². The van der Waals surface area contributed by atoms with Crippen LogP contribution >= 0.6 is 0 Å². The van der Waals surface area contributed by atoms with Crippen LogP contribution in [0.3, 0.4) is 0 Å². The maximum absolute atomic E-state index is 12.7. The van der Waals surface area contributed by atoms with Crippen LogP contribution in [0.15, 0.2) is 0 Å². The molecule has 2 N–H and O–H groups in total. The SMILES string of the molecule is CCC(CCCCCC(=O)CCC(C)C1CCC2C3CCC4CCCCC4(C)C3CCC12C)C(N)=O. The summed E-state index contributed by atoms with van der Waals surface area (Å²) in [5.41, 5.74) is 6.60. The second-order valence-corrected chi connectivity index (χ2v) is 14.3. The molecule has 9 atom stereocenters. The highest BCUT2D eigenvalue weighted by Gasteiger charge is 2.60. The lowest BCUT2D eigenvalue weighted by molar-refractivity contribution is -0.122. The van der Waals surface area contributed by atoms with Crippen molar-refractivity contribution in [2.75, 3.05) is 0 Å². The van der Waals surface area contributed by atoms with Gasteiger partial charge in [0.2, 0.25) is 5.91 Å². The summed E-state index contributed by atoms with van der Waals surface area (Å²) < 4.78 is 0. The highest BCUT2D eigenvalue weighted by atomic mass is 16.1. The molecule has 0 spiro atoms. The Bertz CT molecular complexity index is 763. The summed E-state index contributed by atoms with van der Waals surface area (Å²) in [4.78, 5) is 24.0. The van der Waals surface area contributed by atoms with Crippen molar-refractivity contribution in [3.05, 3.63) is 0 Å². The van der Waals surface area contributed by atoms with E-state index in [-0.39, 0.29) is 11.8 Å². The number of rotatable bonds is 12. The zero-order chi connectivity index (χ0) is 25.9. The van der Waals surface area contributed by atoms with E-state index in [1.165, 1.54) is 64.2 Å². The predicted molar refractivity (Wildman–Crippen MR) is 149 cm³/mol. The van der Waals surface area contributed by atoms with Gasteiger partial charge in [-0.2, -0.15) is 0 Å². The first kappa shape index (κ1) is 28.2. The van der Waals surface area contributed by atoms with Gasteiger partial charge in [-0.1, -0.05) is 53.4 Å². The lowest BCUT2D eigenvalue weighted by Crippen LogP contribution is -2.53. The number of hydrogen-bond donors (Lipinski definition) is 1. The van der Waals surface area contributed by atoms with Crippen molar-refractivity contribution in [2.45, 2.75) is 143 Å². The van der Waals surface area contributed by atoms with E-state index < -0.39 is 0 Å². The Balaban J connectivity index is 1.23. The van der Waals surface area contributed by atoms with Crippen molar-refractivity contribution in [2.24, 2.45) is 58.0 Å². The molecule has 0 aliphatic heterocycles. The molecule has 0 aromatic carbocycles. The van der Waals surface area contributed by atoms with Crippen LogP contribution in [-0.2, 0) is 9.59 Å². The van der Waals surface area contributed by atoms with Gasteiger partial charge in [-0.15, -0.1) is 0 Å². The van der Waals surface area contributed by atoms with E-state index in [0.29, 0.717) is 29.0 Å². The molecular weight excluding hydrogens is 442 g/mol. The molecule has 4 saturated carbocycles. The van der Waals surface area contributed by atoms with Gasteiger partial charge >= 0.3 is 0 Å². The Morgan fingerprint density at radius 1 is 0.833 bits per heavy atom. The zero-order valence-electron chi connectivity index (χ0n) is 24.2. The van der Waals surface area contributed by atoms with Crippen LogP contribution in [0.5, 0.6) is 0 Å². The van der Waals surface area contributed by atoms with E-state index in [9.17, 15) is 9.59 Å². The van der Waals surface area contributed by atoms with Gasteiger partial charge in [-0.05, 0) is 123 Å². The molecule has 3 heteroatoms. The fourth-order valence-corrected chi connectivity index (χ4v) is 10.4. The molecule has 1 amide bonds. The summed E-state index contributed by atoms with van der Waals surface area (Å²) in [5, 5.41) is 0. The number of Topliss-reactive ketones (excluding diaryl/α,β-unsaturated/α-hetero) is 1. The third-order valence-corrected chi connectivity index (χ3v) is 12.6. The summed E-state index contributed by atoms with van der Waals surface area (Å²) in [5.74, 6) is 5.68. The van der Waals surface area contributed by atoms with Crippen LogP contribution in [0.2, 0.25) is 0 Å². The van der Waals surface area contributed by atoms with Crippen LogP contribution in [0.25, 0.3) is 0 Å². The Morgan fingerprint density at radius 3 is 2.36 bits per heavy atom. The molecule has 0 aromatic heterocycles. The van der Waals surface area contributed by atoms with Gasteiger partial charge in [0.1, 0.15) is 5.78 Å². The van der Waals surface area contributed by atoms with Crippen molar-refractivity contribution >= 4 is 11.7 Å². The van der Waals surface area contributed by atoms with Gasteiger partial charge in [-0.25, -0.2) is 0 Å². The zero-order valence-corrected chi connectivity index (χ0v) is 24.2. The number of nitrogens with two attached hydrogens (primary N) is 1. The molecule has 0 aromatic rings. The third kappa shape index (κ3) is 5.61. The van der Waals surface area contributed by atoms with Crippen LogP contribution in [0.4, 0.5) is 0 Å². The van der Waals surface area contributed by atoms with Crippen LogP contribution in [0, 0.1) is 52.3 Å². The summed E-state index contributed by atoms with van der Waals surface area (Å²) in [6.45, 7) is 9.84. The van der Waals surface area contributed by atoms with Gasteiger partial charge in [0, 0.05) is 18.8 Å². The number of amides is 1. The third-order valence-electron chi connectivity index (χ3n) is 12.6. The number of primary amides is 1. The van der Waals surface area contributed by atoms with E-state index in [0.717, 1.165) is 74.5 Å². The lowest BCUT2D eigenvalue weighted by Gasteiger charge is -2.61. The highest BCUT2D eigenvalue weighted by molar-refractivity contribution is 5.78. The van der Waals surface area contributed by atoms with E-state index in [1.54, 1.807) is 0 Å². The van der Waals surface area contributed by atoms with Crippen molar-refractivity contribution in [1.82, 2.24) is 0 Å². The smallest absolute Gasteiger partial charge is 0.220 e. The Kier molecular flexibility index (Phi) is 9.30. The first-order valence-electron chi connectivity index (χ1n) is 16.0. The van der Waals surface area contributed by atoms with Gasteiger partial charge in [0.25, 0.3) is 0 Å². The Labute approximate surface area is 222 Å². The fourth-order valence-electron chi connectivity index (χ4n) is 10.4. The topological polar surface area (TPSA) is 60.2 Å². The van der Waals surface area contributed by atoms with Crippen LogP contribution in [-0.4, -0.2) is 11.7 Å². The average Bonchev–Trinajstić information content (AvgIpc) is 3.21. The summed E-state index contributed by atoms with van der Waals surface area (Å²) in [6, 6.07) is 0. The minimum absolute atomic E-state index is 0.00813. The van der Waals surface area contributed by atoms with Gasteiger partial charge < -0.3 is 5.73 Å². The molecule has 206 valence electrons. The van der Waals surface area contributed by atoms with Crippen molar-refractivity contribution in [3.8, 4) is 0 Å². The monoisotopic (exact) mass is 499 g/mol. The van der Waals surface area contributed by atoms with Crippen molar-refractivity contribution in [3.63, 3.8) is 0 Å². The number of carbonyl (C=O) groups is 2. The van der Waals surface area contributed by atoms with E-state index >= 15 is 0 Å². The first-order chi connectivity index (χ1) is 17.2. The van der Waals surface area contributed by atoms with Crippen LogP contribution in [0.1, 0.15) is 143 Å². The summed E-state index contributed by atoms with van der Waals surface area (Å²) >= 11 is 0. The largest absolute Gasteiger partial charge is 0.369 e. The molecule has 4 rings (SSSR count). The summed E-state index contributed by atoms with van der Waals surface area (Å²) in [6.07, 6.45) is 22.0. The molecule has 36 heavy (non-hydrogen) atoms. The second-order valence-electron chi connectivity index (χ2n) is 14.3. The molecule has 0 radical (unpaired) electrons. The molecule has 4 aliphatic rings.